The van der Waals surface area contributed by atoms with Gasteiger partial charge in [0.1, 0.15) is 16.9 Å². The number of hydrogen-bond acceptors (Lipinski definition) is 10. The molecule has 12 nitrogen and oxygen atoms in total. The van der Waals surface area contributed by atoms with Gasteiger partial charge in [-0.2, -0.15) is 0 Å². The highest BCUT2D eigenvalue weighted by molar-refractivity contribution is 8.00. The molecule has 2 N–H and O–H groups in total. The largest absolute Gasteiger partial charge is 0.462 e. The third-order valence-electron chi connectivity index (χ3n) is 6.28. The number of nitrogens with one attached hydrogen (secondary N) is 2. The highest BCUT2D eigenvalue weighted by Gasteiger charge is 2.32. The smallest absolute Gasteiger partial charge is 0.316 e. The van der Waals surface area contributed by atoms with Crippen LogP contribution in [0.5, 0.6) is 0 Å². The molecule has 0 saturated carbocycles. The SMILES string of the molecule is CCC(C)OC(=O)CSc1ncnc2c1ncn2C(C(=O)Nc1cc(C=O)c(Cl)cc1Cl)C(=O)Nc1cc(C=O)c(Cl)cc1Cl. The fourth-order valence-electron chi connectivity index (χ4n) is 3.87. The van der Waals surface area contributed by atoms with Crippen molar-refractivity contribution in [3.8, 4) is 0 Å². The zero-order chi connectivity index (χ0) is 32.8. The van der Waals surface area contributed by atoms with E-state index >= 15 is 0 Å². The molecule has 0 aliphatic carbocycles. The van der Waals surface area contributed by atoms with E-state index in [0.717, 1.165) is 11.8 Å². The van der Waals surface area contributed by atoms with Crippen LogP contribution in [0.25, 0.3) is 11.2 Å². The van der Waals surface area contributed by atoms with Gasteiger partial charge in [0.15, 0.2) is 24.3 Å². The van der Waals surface area contributed by atoms with E-state index in [1.807, 2.05) is 6.92 Å². The second-order valence-corrected chi connectivity index (χ2v) is 11.9. The molecule has 0 aliphatic heterocycles. The number of fused-ring (bicyclic) bond motifs is 1. The van der Waals surface area contributed by atoms with Crippen molar-refractivity contribution < 1.29 is 28.7 Å². The van der Waals surface area contributed by atoms with Gasteiger partial charge in [0.05, 0.1) is 49.6 Å². The second kappa shape index (κ2) is 15.0. The Morgan fingerprint density at radius 3 is 1.96 bits per heavy atom. The molecule has 0 spiro atoms. The molecule has 2 amide bonds. The number of carbonyl (C=O) groups excluding carboxylic acids is 5. The Labute approximate surface area is 280 Å². The third kappa shape index (κ3) is 7.92. The van der Waals surface area contributed by atoms with E-state index in [2.05, 4.69) is 25.6 Å². The highest BCUT2D eigenvalue weighted by atomic mass is 35.5. The van der Waals surface area contributed by atoms with E-state index in [1.54, 1.807) is 6.92 Å². The van der Waals surface area contributed by atoms with Crippen molar-refractivity contribution in [3.05, 3.63) is 68.1 Å². The number of thioether (sulfide) groups is 1. The van der Waals surface area contributed by atoms with Crippen LogP contribution in [0.15, 0.2) is 41.9 Å². The van der Waals surface area contributed by atoms with Crippen LogP contribution in [0.4, 0.5) is 11.4 Å². The van der Waals surface area contributed by atoms with Gasteiger partial charge in [-0.15, -0.1) is 0 Å². The van der Waals surface area contributed by atoms with Crippen LogP contribution in [0.1, 0.15) is 47.0 Å². The zero-order valence-electron chi connectivity index (χ0n) is 23.3. The van der Waals surface area contributed by atoms with Crippen molar-refractivity contribution in [1.82, 2.24) is 19.5 Å². The number of nitrogens with zero attached hydrogens (tertiary/aromatic N) is 4. The summed E-state index contributed by atoms with van der Waals surface area (Å²) in [4.78, 5) is 75.5. The van der Waals surface area contributed by atoms with Crippen LogP contribution in [0, 0.1) is 0 Å². The molecule has 0 saturated heterocycles. The van der Waals surface area contributed by atoms with Gasteiger partial charge in [-0.25, -0.2) is 15.0 Å². The zero-order valence-corrected chi connectivity index (χ0v) is 27.2. The van der Waals surface area contributed by atoms with Gasteiger partial charge in [0.2, 0.25) is 0 Å². The van der Waals surface area contributed by atoms with E-state index in [1.165, 1.54) is 41.5 Å². The summed E-state index contributed by atoms with van der Waals surface area (Å²) in [6.45, 7) is 3.66. The van der Waals surface area contributed by atoms with Crippen molar-refractivity contribution in [2.75, 3.05) is 16.4 Å². The lowest BCUT2D eigenvalue weighted by Gasteiger charge is -2.20. The molecular formula is C28H22Cl4N6O6S. The number of rotatable bonds is 12. The first-order valence-corrected chi connectivity index (χ1v) is 15.5. The maximum atomic E-state index is 13.8. The Hall–Kier alpha value is -3.75. The van der Waals surface area contributed by atoms with Gasteiger partial charge in [-0.05, 0) is 37.6 Å². The molecule has 0 radical (unpaired) electrons. The van der Waals surface area contributed by atoms with Crippen LogP contribution < -0.4 is 10.6 Å². The van der Waals surface area contributed by atoms with Gasteiger partial charge in [0, 0.05) is 11.1 Å². The van der Waals surface area contributed by atoms with E-state index in [0.29, 0.717) is 24.0 Å². The Morgan fingerprint density at radius 2 is 1.44 bits per heavy atom. The molecule has 45 heavy (non-hydrogen) atoms. The average molecular weight is 712 g/mol. The Kier molecular flexibility index (Phi) is 11.4. The summed E-state index contributed by atoms with van der Waals surface area (Å²) < 4.78 is 6.48. The van der Waals surface area contributed by atoms with Gasteiger partial charge >= 0.3 is 5.97 Å². The number of aldehydes is 2. The number of amides is 2. The van der Waals surface area contributed by atoms with Gasteiger partial charge < -0.3 is 15.4 Å². The summed E-state index contributed by atoms with van der Waals surface area (Å²) in [5.74, 6) is -2.37. The van der Waals surface area contributed by atoms with E-state index < -0.39 is 23.8 Å². The summed E-state index contributed by atoms with van der Waals surface area (Å²) in [6, 6.07) is 3.32. The number of anilines is 2. The molecule has 1 atom stereocenters. The van der Waals surface area contributed by atoms with E-state index in [9.17, 15) is 24.0 Å². The van der Waals surface area contributed by atoms with Crippen molar-refractivity contribution in [2.45, 2.75) is 37.4 Å². The molecule has 2 heterocycles. The maximum absolute atomic E-state index is 13.8. The van der Waals surface area contributed by atoms with E-state index in [4.69, 9.17) is 51.1 Å². The number of aromatic nitrogens is 4. The lowest BCUT2D eigenvalue weighted by atomic mass is 10.1. The van der Waals surface area contributed by atoms with Crippen LogP contribution in [-0.2, 0) is 19.1 Å². The minimum atomic E-state index is -1.71. The summed E-state index contributed by atoms with van der Waals surface area (Å²) >= 11 is 25.6. The predicted molar refractivity (Wildman–Crippen MR) is 172 cm³/mol. The molecule has 0 bridgehead atoms. The molecule has 2 aromatic heterocycles. The summed E-state index contributed by atoms with van der Waals surface area (Å²) in [5, 5.41) is 5.48. The number of benzene rings is 2. The van der Waals surface area contributed by atoms with Crippen molar-refractivity contribution in [2.24, 2.45) is 0 Å². The number of hydrogen-bond donors (Lipinski definition) is 2. The summed E-state index contributed by atoms with van der Waals surface area (Å²) in [6.07, 6.45) is 3.74. The van der Waals surface area contributed by atoms with Crippen molar-refractivity contribution in [1.29, 1.82) is 0 Å². The average Bonchev–Trinajstić information content (AvgIpc) is 3.43. The van der Waals surface area contributed by atoms with Crippen LogP contribution in [-0.4, -0.2) is 61.7 Å². The standard InChI is InChI=1S/C28H22Cl4N6O6S/c1-3-13(2)44-22(41)10-45-28-23-25(33-11-34-28)38(12-35-23)24(26(42)36-20-4-14(8-39)16(29)6-18(20)31)27(43)37-21-5-15(9-40)17(30)7-19(21)32/h4-9,11-13,24H,3,10H2,1-2H3,(H,36,42)(H,37,43). The normalized spacial score (nSPS) is 11.7. The van der Waals surface area contributed by atoms with Gasteiger partial charge in [0.25, 0.3) is 11.8 Å². The molecule has 0 fully saturated rings. The minimum absolute atomic E-state index is 0.00439. The molecule has 4 rings (SSSR count). The van der Waals surface area contributed by atoms with Gasteiger partial charge in [-0.1, -0.05) is 65.1 Å². The quantitative estimate of drug-likeness (QED) is 0.0559. The fraction of sp³-hybridized carbons (Fsp3) is 0.214. The minimum Gasteiger partial charge on any atom is -0.462 e. The lowest BCUT2D eigenvalue weighted by Crippen LogP contribution is -2.36. The molecule has 1 unspecified atom stereocenters. The Bertz CT molecular complexity index is 1740. The van der Waals surface area contributed by atoms with Gasteiger partial charge in [-0.3, -0.25) is 28.5 Å². The van der Waals surface area contributed by atoms with Crippen LogP contribution in [0.3, 0.4) is 0 Å². The monoisotopic (exact) mass is 710 g/mol. The molecule has 4 aromatic rings. The number of halogens is 4. The maximum Gasteiger partial charge on any atom is 0.316 e. The predicted octanol–water partition coefficient (Wildman–Crippen LogP) is 6.32. The number of ether oxygens (including phenoxy) is 1. The molecule has 2 aromatic carbocycles. The lowest BCUT2D eigenvalue weighted by molar-refractivity contribution is -0.145. The summed E-state index contributed by atoms with van der Waals surface area (Å²) in [7, 11) is 0. The summed E-state index contributed by atoms with van der Waals surface area (Å²) in [5.41, 5.74) is 0.347. The molecule has 234 valence electrons. The number of esters is 1. The second-order valence-electron chi connectivity index (χ2n) is 9.32. The van der Waals surface area contributed by atoms with Crippen molar-refractivity contribution >= 4 is 111 Å². The van der Waals surface area contributed by atoms with Crippen molar-refractivity contribution in [3.63, 3.8) is 0 Å². The molecule has 17 heteroatoms. The number of carbonyl (C=O) groups is 5. The first-order valence-electron chi connectivity index (χ1n) is 13.0. The fourth-order valence-corrected chi connectivity index (χ4v) is 5.55. The first kappa shape index (κ1) is 34.1. The Balaban J connectivity index is 1.74. The number of imidazole rings is 1. The van der Waals surface area contributed by atoms with Crippen LogP contribution >= 0.6 is 58.2 Å². The van der Waals surface area contributed by atoms with Crippen LogP contribution in [0.2, 0.25) is 20.1 Å². The topological polar surface area (TPSA) is 162 Å². The molecular weight excluding hydrogens is 690 g/mol. The Morgan fingerprint density at radius 1 is 0.889 bits per heavy atom. The first-order chi connectivity index (χ1) is 21.5. The molecule has 0 aliphatic rings. The van der Waals surface area contributed by atoms with E-state index in [-0.39, 0.29) is 65.6 Å². The highest BCUT2D eigenvalue weighted by Crippen LogP contribution is 2.32. The third-order valence-corrected chi connectivity index (χ3v) is 8.51.